The summed E-state index contributed by atoms with van der Waals surface area (Å²) in [6, 6.07) is 13.2. The molecule has 0 saturated heterocycles. The van der Waals surface area contributed by atoms with Gasteiger partial charge in [0.25, 0.3) is 5.91 Å². The van der Waals surface area contributed by atoms with Crippen LogP contribution in [0.1, 0.15) is 18.4 Å². The molecule has 0 heterocycles. The molecule has 0 bridgehead atoms. The molecule has 0 aromatic heterocycles. The minimum absolute atomic E-state index is 0.00322. The summed E-state index contributed by atoms with van der Waals surface area (Å²) >= 11 is 0. The number of aliphatic imine (C=N–C) groups is 1. The monoisotopic (exact) mass is 341 g/mol. The average molecular weight is 341 g/mol. The van der Waals surface area contributed by atoms with Crippen LogP contribution in [0.4, 0.5) is 14.5 Å². The number of amides is 1. The fourth-order valence-electron chi connectivity index (χ4n) is 2.62. The van der Waals surface area contributed by atoms with Gasteiger partial charge in [-0.2, -0.15) is 4.99 Å². The summed E-state index contributed by atoms with van der Waals surface area (Å²) < 4.78 is 27.4. The van der Waals surface area contributed by atoms with Crippen LogP contribution >= 0.6 is 0 Å². The molecule has 0 atom stereocenters. The lowest BCUT2D eigenvalue weighted by Gasteiger charge is -2.12. The predicted octanol–water partition coefficient (Wildman–Crippen LogP) is 3.51. The Morgan fingerprint density at radius 1 is 1.12 bits per heavy atom. The van der Waals surface area contributed by atoms with E-state index < -0.39 is 23.0 Å². The van der Waals surface area contributed by atoms with E-state index in [2.05, 4.69) is 10.3 Å². The third-order valence-corrected chi connectivity index (χ3v) is 4.14. The van der Waals surface area contributed by atoms with Crippen LogP contribution in [-0.4, -0.2) is 11.7 Å². The summed E-state index contributed by atoms with van der Waals surface area (Å²) in [5.41, 5.74) is 5.55. The lowest BCUT2D eigenvalue weighted by Crippen LogP contribution is -2.23. The molecular weight excluding hydrogens is 324 g/mol. The van der Waals surface area contributed by atoms with Crippen molar-refractivity contribution in [3.05, 3.63) is 78.0 Å². The second-order valence-electron chi connectivity index (χ2n) is 5.87. The number of carbonyl (C=O) groups is 1. The third kappa shape index (κ3) is 3.57. The quantitative estimate of drug-likeness (QED) is 0.646. The lowest BCUT2D eigenvalue weighted by molar-refractivity contribution is -0.120. The van der Waals surface area contributed by atoms with Crippen LogP contribution in [0, 0.1) is 11.6 Å². The number of nitrogens with two attached hydrogens (primary N) is 1. The van der Waals surface area contributed by atoms with Gasteiger partial charge in [-0.15, -0.1) is 0 Å². The molecule has 3 rings (SSSR count). The zero-order chi connectivity index (χ0) is 17.9. The Labute approximate surface area is 144 Å². The topological polar surface area (TPSA) is 67.5 Å². The summed E-state index contributed by atoms with van der Waals surface area (Å²) in [5, 5.41) is 2.99. The van der Waals surface area contributed by atoms with E-state index in [1.165, 1.54) is 18.2 Å². The fourth-order valence-corrected chi connectivity index (χ4v) is 2.62. The van der Waals surface area contributed by atoms with Crippen molar-refractivity contribution in [1.29, 1.82) is 0 Å². The standard InChI is InChI=1S/C19H17F2N3O/c20-15-8-4-7-14(17(15)21)19(10-11-19)18(25)24-16(22)9-12-23-13-5-2-1-3-6-13/h1-9,12,23H,10-11H2,(H2,22,24,25)/b12-9-. The summed E-state index contributed by atoms with van der Waals surface area (Å²) in [6.45, 7) is 0. The van der Waals surface area contributed by atoms with Crippen LogP contribution < -0.4 is 11.1 Å². The van der Waals surface area contributed by atoms with Gasteiger partial charge in [0.2, 0.25) is 0 Å². The predicted molar refractivity (Wildman–Crippen MR) is 93.1 cm³/mol. The summed E-state index contributed by atoms with van der Waals surface area (Å²) in [5.74, 6) is -2.53. The van der Waals surface area contributed by atoms with Crippen LogP contribution in [0.2, 0.25) is 0 Å². The zero-order valence-corrected chi connectivity index (χ0v) is 13.4. The van der Waals surface area contributed by atoms with Crippen LogP contribution in [0.3, 0.4) is 0 Å². The number of hydrogen-bond acceptors (Lipinski definition) is 2. The van der Waals surface area contributed by atoms with Crippen LogP contribution in [0.25, 0.3) is 0 Å². The molecule has 1 aliphatic rings. The molecule has 1 fully saturated rings. The first-order chi connectivity index (χ1) is 12.0. The summed E-state index contributed by atoms with van der Waals surface area (Å²) in [4.78, 5) is 16.3. The Bertz CT molecular complexity index is 843. The average Bonchev–Trinajstić information content (AvgIpc) is 3.40. The smallest absolute Gasteiger partial charge is 0.258 e. The van der Waals surface area contributed by atoms with Gasteiger partial charge >= 0.3 is 0 Å². The minimum Gasteiger partial charge on any atom is -0.384 e. The Hall–Kier alpha value is -3.02. The number of para-hydroxylation sites is 1. The summed E-state index contributed by atoms with van der Waals surface area (Å²) in [6.07, 6.45) is 3.86. The van der Waals surface area contributed by atoms with Gasteiger partial charge in [0.1, 0.15) is 5.84 Å². The molecule has 3 N–H and O–H groups in total. The molecule has 0 unspecified atom stereocenters. The molecule has 25 heavy (non-hydrogen) atoms. The second kappa shape index (κ2) is 6.84. The van der Waals surface area contributed by atoms with E-state index in [1.54, 1.807) is 6.20 Å². The van der Waals surface area contributed by atoms with Gasteiger partial charge < -0.3 is 11.1 Å². The van der Waals surface area contributed by atoms with E-state index in [9.17, 15) is 13.6 Å². The highest BCUT2D eigenvalue weighted by atomic mass is 19.2. The Kier molecular flexibility index (Phi) is 4.61. The molecule has 2 aromatic carbocycles. The van der Waals surface area contributed by atoms with Crippen LogP contribution in [0.5, 0.6) is 0 Å². The van der Waals surface area contributed by atoms with E-state index in [-0.39, 0.29) is 11.4 Å². The van der Waals surface area contributed by atoms with Crippen molar-refractivity contribution in [2.45, 2.75) is 18.3 Å². The number of benzene rings is 2. The maximum absolute atomic E-state index is 14.0. The SMILES string of the molecule is NC(/C=C\Nc1ccccc1)=NC(=O)C1(c2cccc(F)c2F)CC1. The first-order valence-electron chi connectivity index (χ1n) is 7.84. The van der Waals surface area contributed by atoms with Crippen molar-refractivity contribution in [2.75, 3.05) is 5.32 Å². The van der Waals surface area contributed by atoms with Crippen molar-refractivity contribution >= 4 is 17.4 Å². The lowest BCUT2D eigenvalue weighted by atomic mass is 9.94. The fraction of sp³-hybridized carbons (Fsp3) is 0.158. The van der Waals surface area contributed by atoms with Gasteiger partial charge in [0.15, 0.2) is 11.6 Å². The maximum Gasteiger partial charge on any atom is 0.258 e. The Morgan fingerprint density at radius 2 is 1.84 bits per heavy atom. The van der Waals surface area contributed by atoms with E-state index in [0.29, 0.717) is 12.8 Å². The van der Waals surface area contributed by atoms with Gasteiger partial charge in [0.05, 0.1) is 5.41 Å². The van der Waals surface area contributed by atoms with Gasteiger partial charge in [-0.1, -0.05) is 30.3 Å². The molecule has 1 aliphatic carbocycles. The van der Waals surface area contributed by atoms with E-state index in [0.717, 1.165) is 11.8 Å². The molecule has 6 heteroatoms. The molecule has 2 aromatic rings. The molecule has 1 amide bonds. The van der Waals surface area contributed by atoms with Gasteiger partial charge in [-0.25, -0.2) is 8.78 Å². The number of nitrogens with zero attached hydrogens (tertiary/aromatic N) is 1. The molecule has 0 radical (unpaired) electrons. The molecule has 4 nitrogen and oxygen atoms in total. The second-order valence-corrected chi connectivity index (χ2v) is 5.87. The summed E-state index contributed by atoms with van der Waals surface area (Å²) in [7, 11) is 0. The number of rotatable bonds is 5. The third-order valence-electron chi connectivity index (χ3n) is 4.14. The van der Waals surface area contributed by atoms with E-state index in [1.807, 2.05) is 30.3 Å². The normalized spacial score (nSPS) is 16.0. The molecular formula is C19H17F2N3O. The number of hydrogen-bond donors (Lipinski definition) is 2. The first-order valence-corrected chi connectivity index (χ1v) is 7.84. The highest BCUT2D eigenvalue weighted by Gasteiger charge is 2.53. The molecule has 0 aliphatic heterocycles. The van der Waals surface area contributed by atoms with Crippen LogP contribution in [0.15, 0.2) is 65.8 Å². The van der Waals surface area contributed by atoms with Gasteiger partial charge in [-0.3, -0.25) is 4.79 Å². The first kappa shape index (κ1) is 16.8. The van der Waals surface area contributed by atoms with Gasteiger partial charge in [0, 0.05) is 17.5 Å². The number of amidine groups is 1. The largest absolute Gasteiger partial charge is 0.384 e. The van der Waals surface area contributed by atoms with Crippen molar-refractivity contribution < 1.29 is 13.6 Å². The molecule has 0 spiro atoms. The Balaban J connectivity index is 1.72. The van der Waals surface area contributed by atoms with Crippen molar-refractivity contribution in [1.82, 2.24) is 0 Å². The van der Waals surface area contributed by atoms with Crippen LogP contribution in [-0.2, 0) is 10.2 Å². The van der Waals surface area contributed by atoms with Crippen molar-refractivity contribution in [3.8, 4) is 0 Å². The minimum atomic E-state index is -1.10. The highest BCUT2D eigenvalue weighted by molar-refractivity contribution is 6.04. The van der Waals surface area contributed by atoms with Gasteiger partial charge in [-0.05, 0) is 37.1 Å². The van der Waals surface area contributed by atoms with E-state index in [4.69, 9.17) is 5.73 Å². The van der Waals surface area contributed by atoms with Crippen molar-refractivity contribution in [2.24, 2.45) is 10.7 Å². The highest BCUT2D eigenvalue weighted by Crippen LogP contribution is 2.50. The number of halogens is 2. The number of carbonyl (C=O) groups excluding carboxylic acids is 1. The van der Waals surface area contributed by atoms with E-state index >= 15 is 0 Å². The zero-order valence-electron chi connectivity index (χ0n) is 13.4. The van der Waals surface area contributed by atoms with Crippen molar-refractivity contribution in [3.63, 3.8) is 0 Å². The maximum atomic E-state index is 14.0. The molecule has 128 valence electrons. The Morgan fingerprint density at radius 3 is 2.52 bits per heavy atom. The number of anilines is 1. The number of nitrogens with one attached hydrogen (secondary N) is 1. The molecule has 1 saturated carbocycles.